The summed E-state index contributed by atoms with van der Waals surface area (Å²) in [5, 5.41) is 2.39. The molecule has 0 N–H and O–H groups in total. The number of benzene rings is 4. The molecule has 4 aromatic carbocycles. The van der Waals surface area contributed by atoms with Gasteiger partial charge in [0.1, 0.15) is 23.8 Å². The van der Waals surface area contributed by atoms with Crippen molar-refractivity contribution in [2.75, 3.05) is 6.61 Å². The van der Waals surface area contributed by atoms with Crippen LogP contribution < -0.4 is 4.74 Å². The summed E-state index contributed by atoms with van der Waals surface area (Å²) in [7, 11) is 0. The van der Waals surface area contributed by atoms with Gasteiger partial charge in [-0.15, -0.1) is 0 Å². The second-order valence-electron chi connectivity index (χ2n) is 12.9. The fourth-order valence-electron chi connectivity index (χ4n) is 6.84. The number of fused-ring (bicyclic) bond motifs is 5. The number of hydrogen-bond donors (Lipinski definition) is 0. The lowest BCUT2D eigenvalue weighted by Gasteiger charge is -2.35. The molecule has 0 aliphatic carbocycles. The van der Waals surface area contributed by atoms with Crippen LogP contribution in [-0.4, -0.2) is 28.1 Å². The topological polar surface area (TPSA) is 48.6 Å². The highest BCUT2D eigenvalue weighted by Gasteiger charge is 2.36. The molecule has 2 aromatic heterocycles. The number of aromatic nitrogens is 2. The van der Waals surface area contributed by atoms with Crippen LogP contribution in [0.3, 0.4) is 0 Å². The summed E-state index contributed by atoms with van der Waals surface area (Å²) >= 11 is 0. The Bertz CT molecular complexity index is 2120. The molecular weight excluding hydrogens is 542 g/mol. The van der Waals surface area contributed by atoms with E-state index in [2.05, 4.69) is 118 Å². The summed E-state index contributed by atoms with van der Waals surface area (Å²) in [6.45, 7) is 11.7. The average molecular weight is 578 g/mol. The Balaban J connectivity index is 1.29. The van der Waals surface area contributed by atoms with Crippen LogP contribution in [0.1, 0.15) is 49.9 Å². The van der Waals surface area contributed by atoms with E-state index in [0.717, 1.165) is 50.5 Å². The van der Waals surface area contributed by atoms with E-state index in [0.29, 0.717) is 18.4 Å². The molecule has 44 heavy (non-hydrogen) atoms. The van der Waals surface area contributed by atoms with E-state index in [1.807, 2.05) is 18.3 Å². The van der Waals surface area contributed by atoms with Gasteiger partial charge in [0, 0.05) is 34.0 Å². The fraction of sp³-hybridized carbons (Fsp3) is 0.231. The molecule has 1 atom stereocenters. The first kappa shape index (κ1) is 26.7. The number of hydrogen-bond acceptors (Lipinski definition) is 4. The summed E-state index contributed by atoms with van der Waals surface area (Å²) in [6, 6.07) is 32.2. The largest absolute Gasteiger partial charge is 0.475 e. The Kier molecular flexibility index (Phi) is 5.96. The van der Waals surface area contributed by atoms with Gasteiger partial charge in [0.25, 0.3) is 0 Å². The molecule has 0 unspecified atom stereocenters. The number of aliphatic imine (C=N–C) groups is 1. The van der Waals surface area contributed by atoms with E-state index < -0.39 is 0 Å². The molecule has 5 heteroatoms. The first-order chi connectivity index (χ1) is 21.3. The molecule has 0 radical (unpaired) electrons. The van der Waals surface area contributed by atoms with Crippen LogP contribution in [0.25, 0.3) is 38.8 Å². The van der Waals surface area contributed by atoms with Crippen LogP contribution >= 0.6 is 0 Å². The first-order valence-electron chi connectivity index (χ1n) is 15.4. The predicted octanol–water partition coefficient (Wildman–Crippen LogP) is 9.39. The molecule has 6 aromatic rings. The monoisotopic (exact) mass is 577 g/mol. The third-order valence-electron chi connectivity index (χ3n) is 9.36. The number of nitrogens with zero attached hydrogens (tertiary/aromatic N) is 3. The Morgan fingerprint density at radius 1 is 0.841 bits per heavy atom. The number of para-hydroxylation sites is 1. The molecule has 2 aliphatic heterocycles. The minimum absolute atomic E-state index is 0.158. The highest BCUT2D eigenvalue weighted by atomic mass is 16.5. The van der Waals surface area contributed by atoms with Gasteiger partial charge in [-0.1, -0.05) is 76.2 Å². The lowest BCUT2D eigenvalue weighted by molar-refractivity contribution is 0.292. The van der Waals surface area contributed by atoms with E-state index in [1.54, 1.807) is 0 Å². The van der Waals surface area contributed by atoms with Crippen LogP contribution in [-0.2, 0) is 10.2 Å². The minimum atomic E-state index is -0.187. The Morgan fingerprint density at radius 2 is 1.64 bits per heavy atom. The van der Waals surface area contributed by atoms with Crippen molar-refractivity contribution in [3.8, 4) is 28.3 Å². The molecule has 5 nitrogen and oxygen atoms in total. The van der Waals surface area contributed by atoms with Crippen LogP contribution in [0, 0.1) is 12.8 Å². The molecular formula is C39H35N3O2. The average Bonchev–Trinajstić information content (AvgIpc) is 3.66. The van der Waals surface area contributed by atoms with Crippen LogP contribution in [0.5, 0.6) is 11.5 Å². The zero-order valence-corrected chi connectivity index (χ0v) is 25.8. The minimum Gasteiger partial charge on any atom is -0.475 e. The van der Waals surface area contributed by atoms with Gasteiger partial charge in [0.15, 0.2) is 0 Å². The Labute approximate surface area is 257 Å². The number of ether oxygens (including phenoxy) is 2. The molecule has 0 fully saturated rings. The highest BCUT2D eigenvalue weighted by Crippen LogP contribution is 2.49. The smallest absolute Gasteiger partial charge is 0.216 e. The maximum absolute atomic E-state index is 6.81. The zero-order chi connectivity index (χ0) is 30.2. The van der Waals surface area contributed by atoms with Gasteiger partial charge in [0.2, 0.25) is 5.90 Å². The van der Waals surface area contributed by atoms with Crippen molar-refractivity contribution < 1.29 is 9.47 Å². The number of aryl methyl sites for hydroxylation is 1. The summed E-state index contributed by atoms with van der Waals surface area (Å²) in [5.74, 6) is 2.66. The van der Waals surface area contributed by atoms with Gasteiger partial charge in [0.05, 0.1) is 17.2 Å². The quantitative estimate of drug-likeness (QED) is 0.205. The zero-order valence-electron chi connectivity index (χ0n) is 25.8. The Morgan fingerprint density at radius 3 is 2.43 bits per heavy atom. The highest BCUT2D eigenvalue weighted by molar-refractivity contribution is 6.10. The SMILES string of the molecule is Cc1cc2c(cc1Oc1cc(C3=N[C@H](C(C)C)CO3)cc(-c3ccccc3)c1)-n1c3ncccc3c3cccc(c31)C2(C)C. The van der Waals surface area contributed by atoms with E-state index in [-0.39, 0.29) is 11.5 Å². The molecule has 0 amide bonds. The van der Waals surface area contributed by atoms with Crippen molar-refractivity contribution in [3.05, 3.63) is 119 Å². The van der Waals surface area contributed by atoms with Gasteiger partial charge >= 0.3 is 0 Å². The molecule has 0 spiro atoms. The molecule has 8 rings (SSSR count). The summed E-state index contributed by atoms with van der Waals surface area (Å²) in [4.78, 5) is 9.79. The summed E-state index contributed by atoms with van der Waals surface area (Å²) < 4.78 is 15.2. The molecule has 4 heterocycles. The van der Waals surface area contributed by atoms with Gasteiger partial charge in [-0.2, -0.15) is 0 Å². The molecule has 0 bridgehead atoms. The third kappa shape index (κ3) is 4.06. The predicted molar refractivity (Wildman–Crippen MR) is 179 cm³/mol. The van der Waals surface area contributed by atoms with E-state index in [4.69, 9.17) is 19.5 Å². The van der Waals surface area contributed by atoms with Crippen molar-refractivity contribution in [2.45, 2.75) is 46.1 Å². The van der Waals surface area contributed by atoms with E-state index in [1.165, 1.54) is 22.0 Å². The van der Waals surface area contributed by atoms with Crippen LogP contribution in [0.4, 0.5) is 0 Å². The molecule has 2 aliphatic rings. The molecule has 0 saturated carbocycles. The Hall–Kier alpha value is -4.90. The van der Waals surface area contributed by atoms with Crippen LogP contribution in [0.15, 0.2) is 102 Å². The van der Waals surface area contributed by atoms with Gasteiger partial charge < -0.3 is 9.47 Å². The first-order valence-corrected chi connectivity index (χ1v) is 15.4. The third-order valence-corrected chi connectivity index (χ3v) is 9.36. The van der Waals surface area contributed by atoms with Crippen LogP contribution in [0.2, 0.25) is 0 Å². The maximum atomic E-state index is 6.81. The van der Waals surface area contributed by atoms with Crippen molar-refractivity contribution >= 4 is 27.8 Å². The second-order valence-corrected chi connectivity index (χ2v) is 12.9. The van der Waals surface area contributed by atoms with Gasteiger partial charge in [-0.05, 0) is 77.1 Å². The molecule has 218 valence electrons. The lowest BCUT2D eigenvalue weighted by Crippen LogP contribution is -2.26. The van der Waals surface area contributed by atoms with E-state index in [9.17, 15) is 0 Å². The van der Waals surface area contributed by atoms with Crippen molar-refractivity contribution in [1.82, 2.24) is 9.55 Å². The summed E-state index contributed by atoms with van der Waals surface area (Å²) in [6.07, 6.45) is 1.88. The van der Waals surface area contributed by atoms with Crippen molar-refractivity contribution in [3.63, 3.8) is 0 Å². The number of rotatable bonds is 5. The van der Waals surface area contributed by atoms with E-state index >= 15 is 0 Å². The van der Waals surface area contributed by atoms with Crippen molar-refractivity contribution in [1.29, 1.82) is 0 Å². The van der Waals surface area contributed by atoms with Gasteiger partial charge in [-0.3, -0.25) is 4.57 Å². The lowest BCUT2D eigenvalue weighted by atomic mass is 9.74. The van der Waals surface area contributed by atoms with Crippen molar-refractivity contribution in [2.24, 2.45) is 10.9 Å². The maximum Gasteiger partial charge on any atom is 0.216 e. The summed E-state index contributed by atoms with van der Waals surface area (Å²) in [5.41, 5.74) is 9.86. The molecule has 0 saturated heterocycles. The van der Waals surface area contributed by atoms with Gasteiger partial charge in [-0.25, -0.2) is 9.98 Å². The number of pyridine rings is 1. The standard InChI is InChI=1S/C39H35N3O2/c1-23(2)33-22-43-38(41-33)27-18-26(25-11-7-6-8-12-25)19-28(20-27)44-35-21-34-32(17-24(35)3)39(4,5)31-15-9-13-29-30-14-10-16-40-37(30)42(34)36(29)31/h6-21,23,33H,22H2,1-5H3/t33-/m0/s1. The normalized spacial score (nSPS) is 16.7. The fourth-order valence-corrected chi connectivity index (χ4v) is 6.84. The second kappa shape index (κ2) is 9.81.